The number of aromatic nitrogens is 2. The molecule has 0 saturated carbocycles. The molecule has 5 heteroatoms. The molecule has 0 radical (unpaired) electrons. The lowest BCUT2D eigenvalue weighted by molar-refractivity contribution is 0.152. The fraction of sp³-hybridized carbons (Fsp3) is 0.692. The minimum atomic E-state index is 0.577. The molecule has 0 spiro atoms. The molecule has 0 N–H and O–H groups in total. The molecule has 0 atom stereocenters. The summed E-state index contributed by atoms with van der Waals surface area (Å²) in [4.78, 5) is 11.3. The lowest BCUT2D eigenvalue weighted by Gasteiger charge is -2.23. The maximum absolute atomic E-state index is 6.21. The van der Waals surface area contributed by atoms with Crippen molar-refractivity contribution in [3.8, 4) is 0 Å². The summed E-state index contributed by atoms with van der Waals surface area (Å²) in [7, 11) is 0. The van der Waals surface area contributed by atoms with E-state index in [0.717, 1.165) is 62.8 Å². The van der Waals surface area contributed by atoms with Gasteiger partial charge < -0.3 is 9.64 Å². The first-order valence-corrected chi connectivity index (χ1v) is 6.96. The summed E-state index contributed by atoms with van der Waals surface area (Å²) in [6.45, 7) is 7.54. The van der Waals surface area contributed by atoms with E-state index in [4.69, 9.17) is 16.3 Å². The van der Waals surface area contributed by atoms with Crippen molar-refractivity contribution in [3.05, 3.63) is 16.5 Å². The zero-order chi connectivity index (χ0) is 13.0. The Kier molecular flexibility index (Phi) is 4.78. The van der Waals surface area contributed by atoms with Crippen molar-refractivity contribution in [1.82, 2.24) is 9.97 Å². The van der Waals surface area contributed by atoms with Crippen molar-refractivity contribution in [2.75, 3.05) is 31.2 Å². The molecule has 0 unspecified atom stereocenters. The van der Waals surface area contributed by atoms with E-state index >= 15 is 0 Å². The van der Waals surface area contributed by atoms with Crippen LogP contribution in [0.25, 0.3) is 0 Å². The van der Waals surface area contributed by atoms with E-state index in [1.807, 2.05) is 6.92 Å². The highest BCUT2D eigenvalue weighted by molar-refractivity contribution is 6.30. The number of ether oxygens (including phenoxy) is 1. The highest BCUT2D eigenvalue weighted by Gasteiger charge is 2.17. The SMILES string of the molecule is CCCc1nc(Cl)c(C)c(N2CCCOCC2)n1. The highest BCUT2D eigenvalue weighted by atomic mass is 35.5. The summed E-state index contributed by atoms with van der Waals surface area (Å²) in [5.41, 5.74) is 0.971. The number of hydrogen-bond acceptors (Lipinski definition) is 4. The Morgan fingerprint density at radius 1 is 1.28 bits per heavy atom. The molecule has 100 valence electrons. The molecule has 1 aromatic rings. The maximum atomic E-state index is 6.21. The van der Waals surface area contributed by atoms with E-state index in [-0.39, 0.29) is 0 Å². The summed E-state index contributed by atoms with van der Waals surface area (Å²) in [5, 5.41) is 0.577. The molecule has 0 aliphatic carbocycles. The van der Waals surface area contributed by atoms with Crippen LogP contribution in [0.2, 0.25) is 5.15 Å². The van der Waals surface area contributed by atoms with E-state index in [1.54, 1.807) is 0 Å². The Balaban J connectivity index is 2.28. The number of nitrogens with zero attached hydrogens (tertiary/aromatic N) is 3. The largest absolute Gasteiger partial charge is 0.380 e. The zero-order valence-corrected chi connectivity index (χ0v) is 11.8. The zero-order valence-electron chi connectivity index (χ0n) is 11.1. The van der Waals surface area contributed by atoms with E-state index < -0.39 is 0 Å². The third-order valence-corrected chi connectivity index (χ3v) is 3.47. The van der Waals surface area contributed by atoms with Gasteiger partial charge in [0.05, 0.1) is 6.61 Å². The van der Waals surface area contributed by atoms with Crippen molar-refractivity contribution in [1.29, 1.82) is 0 Å². The van der Waals surface area contributed by atoms with Gasteiger partial charge in [-0.25, -0.2) is 9.97 Å². The molecule has 1 fully saturated rings. The molecule has 0 bridgehead atoms. The standard InChI is InChI=1S/C13H20ClN3O/c1-3-5-11-15-12(14)10(2)13(16-11)17-6-4-8-18-9-7-17/h3-9H2,1-2H3. The monoisotopic (exact) mass is 269 g/mol. The average Bonchev–Trinajstić information content (AvgIpc) is 2.62. The second-order valence-electron chi connectivity index (χ2n) is 4.58. The first-order chi connectivity index (χ1) is 8.72. The van der Waals surface area contributed by atoms with Crippen LogP contribution in [-0.4, -0.2) is 36.3 Å². The molecule has 0 aromatic carbocycles. The second-order valence-corrected chi connectivity index (χ2v) is 4.94. The lowest BCUT2D eigenvalue weighted by Crippen LogP contribution is -2.28. The first-order valence-electron chi connectivity index (χ1n) is 6.58. The predicted molar refractivity (Wildman–Crippen MR) is 73.4 cm³/mol. The molecule has 1 aliphatic heterocycles. The van der Waals surface area contributed by atoms with Crippen LogP contribution in [0.5, 0.6) is 0 Å². The molecule has 0 amide bonds. The van der Waals surface area contributed by atoms with Gasteiger partial charge in [0.1, 0.15) is 16.8 Å². The molecule has 2 rings (SSSR count). The van der Waals surface area contributed by atoms with Crippen LogP contribution in [0.15, 0.2) is 0 Å². The topological polar surface area (TPSA) is 38.2 Å². The van der Waals surface area contributed by atoms with Crippen molar-refractivity contribution in [2.24, 2.45) is 0 Å². The Bertz CT molecular complexity index is 403. The van der Waals surface area contributed by atoms with Gasteiger partial charge in [-0.3, -0.25) is 0 Å². The maximum Gasteiger partial charge on any atom is 0.137 e. The predicted octanol–water partition coefficient (Wildman–Crippen LogP) is 2.62. The van der Waals surface area contributed by atoms with E-state index in [0.29, 0.717) is 5.15 Å². The number of aryl methyl sites for hydroxylation is 1. The number of rotatable bonds is 3. The highest BCUT2D eigenvalue weighted by Crippen LogP contribution is 2.24. The summed E-state index contributed by atoms with van der Waals surface area (Å²) in [6, 6.07) is 0. The summed E-state index contributed by atoms with van der Waals surface area (Å²) in [5.74, 6) is 1.82. The van der Waals surface area contributed by atoms with Crippen LogP contribution in [0.3, 0.4) is 0 Å². The lowest BCUT2D eigenvalue weighted by atomic mass is 10.2. The third kappa shape index (κ3) is 3.12. The fourth-order valence-electron chi connectivity index (χ4n) is 2.12. The van der Waals surface area contributed by atoms with E-state index in [1.165, 1.54) is 0 Å². The van der Waals surface area contributed by atoms with Crippen LogP contribution in [0, 0.1) is 6.92 Å². The summed E-state index contributed by atoms with van der Waals surface area (Å²) < 4.78 is 5.48. The quantitative estimate of drug-likeness (QED) is 0.791. The van der Waals surface area contributed by atoms with Crippen LogP contribution >= 0.6 is 11.6 Å². The minimum absolute atomic E-state index is 0.577. The molecule has 1 aromatic heterocycles. The van der Waals surface area contributed by atoms with Gasteiger partial charge in [0, 0.05) is 31.7 Å². The van der Waals surface area contributed by atoms with Gasteiger partial charge >= 0.3 is 0 Å². The molecule has 1 saturated heterocycles. The van der Waals surface area contributed by atoms with Crippen LogP contribution in [-0.2, 0) is 11.2 Å². The van der Waals surface area contributed by atoms with Gasteiger partial charge in [-0.05, 0) is 19.8 Å². The van der Waals surface area contributed by atoms with Crippen molar-refractivity contribution in [2.45, 2.75) is 33.1 Å². The Morgan fingerprint density at radius 2 is 2.11 bits per heavy atom. The number of anilines is 1. The second kappa shape index (κ2) is 6.34. The van der Waals surface area contributed by atoms with Gasteiger partial charge in [-0.2, -0.15) is 0 Å². The van der Waals surface area contributed by atoms with Gasteiger partial charge in [0.25, 0.3) is 0 Å². The van der Waals surface area contributed by atoms with Crippen molar-refractivity contribution < 1.29 is 4.74 Å². The molecular weight excluding hydrogens is 250 g/mol. The van der Waals surface area contributed by atoms with Gasteiger partial charge in [-0.15, -0.1) is 0 Å². The average molecular weight is 270 g/mol. The normalized spacial score (nSPS) is 16.7. The number of hydrogen-bond donors (Lipinski definition) is 0. The molecular formula is C13H20ClN3O. The molecule has 1 aliphatic rings. The van der Waals surface area contributed by atoms with Gasteiger partial charge in [0.15, 0.2) is 0 Å². The van der Waals surface area contributed by atoms with Crippen LogP contribution in [0.1, 0.15) is 31.2 Å². The third-order valence-electron chi connectivity index (χ3n) is 3.10. The number of halogens is 1. The van der Waals surface area contributed by atoms with Gasteiger partial charge in [0.2, 0.25) is 0 Å². The van der Waals surface area contributed by atoms with E-state index in [2.05, 4.69) is 21.8 Å². The smallest absolute Gasteiger partial charge is 0.137 e. The van der Waals surface area contributed by atoms with E-state index in [9.17, 15) is 0 Å². The molecule has 18 heavy (non-hydrogen) atoms. The fourth-order valence-corrected chi connectivity index (χ4v) is 2.30. The van der Waals surface area contributed by atoms with Crippen LogP contribution in [0.4, 0.5) is 5.82 Å². The summed E-state index contributed by atoms with van der Waals surface area (Å²) >= 11 is 6.21. The minimum Gasteiger partial charge on any atom is -0.380 e. The van der Waals surface area contributed by atoms with Crippen molar-refractivity contribution in [3.63, 3.8) is 0 Å². The Labute approximate surface area is 113 Å². The van der Waals surface area contributed by atoms with Gasteiger partial charge in [-0.1, -0.05) is 18.5 Å². The van der Waals surface area contributed by atoms with Crippen molar-refractivity contribution >= 4 is 17.4 Å². The molecule has 4 nitrogen and oxygen atoms in total. The Hall–Kier alpha value is -0.870. The summed E-state index contributed by atoms with van der Waals surface area (Å²) in [6.07, 6.45) is 2.93. The molecule has 2 heterocycles. The Morgan fingerprint density at radius 3 is 2.89 bits per heavy atom. The van der Waals surface area contributed by atoms with Crippen LogP contribution < -0.4 is 4.90 Å². The first kappa shape index (κ1) is 13.6.